The summed E-state index contributed by atoms with van der Waals surface area (Å²) in [5.74, 6) is 1.19. The van der Waals surface area contributed by atoms with Gasteiger partial charge in [0.15, 0.2) is 0 Å². The Bertz CT molecular complexity index is 433. The summed E-state index contributed by atoms with van der Waals surface area (Å²) in [7, 11) is 0. The fraction of sp³-hybridized carbons (Fsp3) is 0.778. The topological polar surface area (TPSA) is 32.3 Å². The van der Waals surface area contributed by atoms with Crippen LogP contribution in [0.4, 0.5) is 0 Å². The van der Waals surface area contributed by atoms with Crippen LogP contribution in [0, 0.1) is 11.8 Å². The van der Waals surface area contributed by atoms with E-state index in [4.69, 9.17) is 0 Å². The number of aliphatic hydroxyl groups is 1. The Hall–Kier alpha value is -0.380. The summed E-state index contributed by atoms with van der Waals surface area (Å²) in [4.78, 5) is 3.15. The lowest BCUT2D eigenvalue weighted by Crippen LogP contribution is -2.33. The Morgan fingerprint density at radius 2 is 1.95 bits per heavy atom. The average molecular weight is 308 g/mol. The second-order valence-corrected chi connectivity index (χ2v) is 8.09. The molecule has 1 saturated carbocycles. The van der Waals surface area contributed by atoms with E-state index in [2.05, 4.69) is 18.3 Å². The molecule has 3 unspecified atom stereocenters. The van der Waals surface area contributed by atoms with Crippen molar-refractivity contribution in [1.82, 2.24) is 5.32 Å². The molecule has 0 radical (unpaired) electrons. The molecular weight excluding hydrogens is 278 g/mol. The highest BCUT2D eigenvalue weighted by Gasteiger charge is 2.25. The van der Waals surface area contributed by atoms with Crippen molar-refractivity contribution >= 4 is 11.3 Å². The third-order valence-electron chi connectivity index (χ3n) is 5.43. The lowest BCUT2D eigenvalue weighted by Gasteiger charge is -2.31. The largest absolute Gasteiger partial charge is 0.396 e. The van der Waals surface area contributed by atoms with Crippen LogP contribution < -0.4 is 5.32 Å². The molecule has 0 bridgehead atoms. The molecule has 2 aliphatic carbocycles. The van der Waals surface area contributed by atoms with Crippen LogP contribution in [0.3, 0.4) is 0 Å². The summed E-state index contributed by atoms with van der Waals surface area (Å²) in [6.07, 6.45) is 10.5. The first-order valence-corrected chi connectivity index (χ1v) is 9.55. The number of rotatable bonds is 5. The fourth-order valence-corrected chi connectivity index (χ4v) is 5.23. The van der Waals surface area contributed by atoms with E-state index in [0.717, 1.165) is 6.54 Å². The van der Waals surface area contributed by atoms with Gasteiger partial charge in [-0.05, 0) is 75.5 Å². The number of thiophene rings is 1. The maximum absolute atomic E-state index is 9.53. The van der Waals surface area contributed by atoms with Gasteiger partial charge in [-0.2, -0.15) is 0 Å². The monoisotopic (exact) mass is 307 g/mol. The molecule has 2 nitrogen and oxygen atoms in total. The van der Waals surface area contributed by atoms with Crippen LogP contribution in [-0.2, 0) is 12.8 Å². The number of hydrogen-bond donors (Lipinski definition) is 2. The molecule has 21 heavy (non-hydrogen) atoms. The zero-order valence-corrected chi connectivity index (χ0v) is 14.1. The summed E-state index contributed by atoms with van der Waals surface area (Å²) < 4.78 is 0. The van der Waals surface area contributed by atoms with Gasteiger partial charge >= 0.3 is 0 Å². The van der Waals surface area contributed by atoms with Gasteiger partial charge in [-0.15, -0.1) is 11.3 Å². The molecule has 3 rings (SSSR count). The lowest BCUT2D eigenvalue weighted by molar-refractivity contribution is 0.131. The molecule has 1 heterocycles. The summed E-state index contributed by atoms with van der Waals surface area (Å²) in [6.45, 7) is 3.73. The van der Waals surface area contributed by atoms with Gasteiger partial charge in [0.1, 0.15) is 0 Å². The van der Waals surface area contributed by atoms with Crippen LogP contribution in [0.2, 0.25) is 0 Å². The van der Waals surface area contributed by atoms with Gasteiger partial charge in [0.05, 0.1) is 0 Å². The van der Waals surface area contributed by atoms with Crippen molar-refractivity contribution in [3.8, 4) is 0 Å². The Morgan fingerprint density at radius 3 is 2.71 bits per heavy atom. The van der Waals surface area contributed by atoms with Gasteiger partial charge < -0.3 is 10.4 Å². The van der Waals surface area contributed by atoms with Crippen molar-refractivity contribution in [1.29, 1.82) is 0 Å². The SMILES string of the molecule is CC(NCC1CCCCC1CO)c1cc2c(s1)CCCC2. The molecule has 0 aromatic carbocycles. The van der Waals surface area contributed by atoms with E-state index in [9.17, 15) is 5.11 Å². The first kappa shape index (κ1) is 15.5. The fourth-order valence-electron chi connectivity index (χ4n) is 3.95. The maximum atomic E-state index is 9.53. The van der Waals surface area contributed by atoms with Gasteiger partial charge in [0, 0.05) is 22.4 Å². The lowest BCUT2D eigenvalue weighted by atomic mass is 9.79. The first-order chi connectivity index (χ1) is 10.3. The van der Waals surface area contributed by atoms with Crippen LogP contribution >= 0.6 is 11.3 Å². The minimum Gasteiger partial charge on any atom is -0.396 e. The standard InChI is InChI=1S/C18H29NOS/c1-13(18-10-14-6-4-5-9-17(14)21-18)19-11-15-7-2-3-8-16(15)12-20/h10,13,15-16,19-20H,2-9,11-12H2,1H3. The van der Waals surface area contributed by atoms with Gasteiger partial charge in [-0.1, -0.05) is 12.8 Å². The van der Waals surface area contributed by atoms with Gasteiger partial charge in [-0.3, -0.25) is 0 Å². The Morgan fingerprint density at radius 1 is 1.19 bits per heavy atom. The zero-order chi connectivity index (χ0) is 14.7. The van der Waals surface area contributed by atoms with Crippen LogP contribution in [0.15, 0.2) is 6.07 Å². The van der Waals surface area contributed by atoms with E-state index >= 15 is 0 Å². The van der Waals surface area contributed by atoms with E-state index in [1.807, 2.05) is 11.3 Å². The number of aliphatic hydroxyl groups excluding tert-OH is 1. The van der Waals surface area contributed by atoms with Crippen molar-refractivity contribution in [2.75, 3.05) is 13.2 Å². The first-order valence-electron chi connectivity index (χ1n) is 8.73. The van der Waals surface area contributed by atoms with E-state index in [0.29, 0.717) is 24.5 Å². The Kier molecular flexibility index (Phi) is 5.36. The summed E-state index contributed by atoms with van der Waals surface area (Å²) in [6, 6.07) is 2.91. The number of nitrogens with one attached hydrogen (secondary N) is 1. The molecule has 1 fully saturated rings. The highest BCUT2D eigenvalue weighted by molar-refractivity contribution is 7.12. The second-order valence-electron chi connectivity index (χ2n) is 6.92. The van der Waals surface area contributed by atoms with Crippen molar-refractivity contribution in [2.24, 2.45) is 11.8 Å². The predicted molar refractivity (Wildman–Crippen MR) is 89.9 cm³/mol. The normalized spacial score (nSPS) is 27.3. The molecule has 118 valence electrons. The molecule has 2 aliphatic rings. The van der Waals surface area contributed by atoms with Crippen molar-refractivity contribution < 1.29 is 5.11 Å². The van der Waals surface area contributed by atoms with E-state index in [1.54, 1.807) is 10.4 Å². The molecule has 0 aliphatic heterocycles. The summed E-state index contributed by atoms with van der Waals surface area (Å²) in [5.41, 5.74) is 1.61. The minimum atomic E-state index is 0.369. The van der Waals surface area contributed by atoms with Crippen LogP contribution in [-0.4, -0.2) is 18.3 Å². The number of aryl methyl sites for hydroxylation is 2. The van der Waals surface area contributed by atoms with E-state index in [1.165, 1.54) is 56.2 Å². The van der Waals surface area contributed by atoms with Gasteiger partial charge in [-0.25, -0.2) is 0 Å². The summed E-state index contributed by atoms with van der Waals surface area (Å²) >= 11 is 2.02. The van der Waals surface area contributed by atoms with Crippen molar-refractivity contribution in [3.05, 3.63) is 21.4 Å². The van der Waals surface area contributed by atoms with Gasteiger partial charge in [0.25, 0.3) is 0 Å². The molecule has 3 heteroatoms. The maximum Gasteiger partial charge on any atom is 0.0462 e. The third kappa shape index (κ3) is 3.69. The highest BCUT2D eigenvalue weighted by Crippen LogP contribution is 2.34. The van der Waals surface area contributed by atoms with Crippen molar-refractivity contribution in [3.63, 3.8) is 0 Å². The second kappa shape index (κ2) is 7.26. The Balaban J connectivity index is 1.56. The van der Waals surface area contributed by atoms with Crippen LogP contribution in [0.25, 0.3) is 0 Å². The molecule has 0 amide bonds. The molecule has 0 saturated heterocycles. The molecule has 1 aromatic rings. The van der Waals surface area contributed by atoms with E-state index < -0.39 is 0 Å². The Labute approximate surface area is 133 Å². The summed E-state index contributed by atoms with van der Waals surface area (Å²) in [5, 5.41) is 13.3. The predicted octanol–water partition coefficient (Wildman–Crippen LogP) is 4.08. The number of hydrogen-bond acceptors (Lipinski definition) is 3. The zero-order valence-electron chi connectivity index (χ0n) is 13.2. The highest BCUT2D eigenvalue weighted by atomic mass is 32.1. The molecule has 3 atom stereocenters. The number of fused-ring (bicyclic) bond motifs is 1. The van der Waals surface area contributed by atoms with E-state index in [-0.39, 0.29) is 0 Å². The molecule has 0 spiro atoms. The average Bonchev–Trinajstić information content (AvgIpc) is 2.97. The smallest absolute Gasteiger partial charge is 0.0462 e. The third-order valence-corrected chi connectivity index (χ3v) is 6.85. The molecular formula is C18H29NOS. The van der Waals surface area contributed by atoms with Crippen LogP contribution in [0.5, 0.6) is 0 Å². The van der Waals surface area contributed by atoms with Crippen LogP contribution in [0.1, 0.15) is 66.8 Å². The minimum absolute atomic E-state index is 0.369. The molecule has 1 aromatic heterocycles. The van der Waals surface area contributed by atoms with Gasteiger partial charge in [0.2, 0.25) is 0 Å². The molecule has 2 N–H and O–H groups in total. The van der Waals surface area contributed by atoms with Crippen molar-refractivity contribution in [2.45, 2.75) is 64.3 Å². The quantitative estimate of drug-likeness (QED) is 0.859.